The van der Waals surface area contributed by atoms with Gasteiger partial charge in [-0.2, -0.15) is 0 Å². The van der Waals surface area contributed by atoms with Crippen LogP contribution in [0.5, 0.6) is 0 Å². The van der Waals surface area contributed by atoms with Gasteiger partial charge >= 0.3 is 0 Å². The van der Waals surface area contributed by atoms with Crippen molar-refractivity contribution in [1.82, 2.24) is 9.88 Å². The molecule has 1 fully saturated rings. The molecule has 4 nitrogen and oxygen atoms in total. The minimum absolute atomic E-state index is 0.0238. The normalized spacial score (nSPS) is 15.5. The number of carbonyl (C=O) groups is 2. The maximum absolute atomic E-state index is 12.9. The van der Waals surface area contributed by atoms with E-state index in [-0.39, 0.29) is 23.3 Å². The Hall–Kier alpha value is -2.36. The number of nitrogens with one attached hydrogen (secondary N) is 1. The Kier molecular flexibility index (Phi) is 7.55. The summed E-state index contributed by atoms with van der Waals surface area (Å²) in [4.78, 5) is 23.7. The number of carbonyl (C=O) groups excluding carboxylic acids is 2. The van der Waals surface area contributed by atoms with Gasteiger partial charge in [0.05, 0.1) is 12.1 Å². The van der Waals surface area contributed by atoms with Crippen molar-refractivity contribution in [3.05, 3.63) is 46.6 Å². The molecule has 1 aliphatic rings. The fraction of sp³-hybridized carbons (Fsp3) is 0.586. The number of hydrogen-bond acceptors (Lipinski definition) is 2. The van der Waals surface area contributed by atoms with Gasteiger partial charge in [0.15, 0.2) is 0 Å². The molecule has 0 aliphatic heterocycles. The lowest BCUT2D eigenvalue weighted by Gasteiger charge is -2.27. The van der Waals surface area contributed by atoms with Crippen LogP contribution in [0.25, 0.3) is 11.3 Å². The molecule has 180 valence electrons. The molecule has 33 heavy (non-hydrogen) atoms. The van der Waals surface area contributed by atoms with E-state index in [4.69, 9.17) is 0 Å². The molecule has 1 N–H and O–H groups in total. The lowest BCUT2D eigenvalue weighted by Crippen LogP contribution is -2.25. The number of aldehydes is 1. The van der Waals surface area contributed by atoms with Gasteiger partial charge in [0.25, 0.3) is 5.91 Å². The number of aromatic nitrogens is 1. The quantitative estimate of drug-likeness (QED) is 0.506. The fourth-order valence-electron chi connectivity index (χ4n) is 4.85. The predicted octanol–water partition coefficient (Wildman–Crippen LogP) is 6.57. The summed E-state index contributed by atoms with van der Waals surface area (Å²) in [5.41, 5.74) is 6.58. The van der Waals surface area contributed by atoms with Crippen LogP contribution in [-0.2, 0) is 22.2 Å². The summed E-state index contributed by atoms with van der Waals surface area (Å²) in [5.74, 6) is 0.466. The van der Waals surface area contributed by atoms with Crippen LogP contribution in [0.4, 0.5) is 0 Å². The third-order valence-corrected chi connectivity index (χ3v) is 7.08. The minimum atomic E-state index is -0.175. The van der Waals surface area contributed by atoms with Crippen LogP contribution in [0, 0.1) is 12.8 Å². The third-order valence-electron chi connectivity index (χ3n) is 7.08. The maximum atomic E-state index is 12.9. The van der Waals surface area contributed by atoms with Gasteiger partial charge in [-0.1, -0.05) is 66.9 Å². The Balaban J connectivity index is 2.17. The summed E-state index contributed by atoms with van der Waals surface area (Å²) >= 11 is 0. The van der Waals surface area contributed by atoms with E-state index in [9.17, 15) is 9.59 Å². The average Bonchev–Trinajstić information content (AvgIpc) is 3.07. The average molecular weight is 451 g/mol. The summed E-state index contributed by atoms with van der Waals surface area (Å²) in [6.07, 6.45) is 7.14. The number of hydrogen-bond donors (Lipinski definition) is 1. The molecule has 4 heteroatoms. The van der Waals surface area contributed by atoms with Gasteiger partial charge in [-0.15, -0.1) is 0 Å². The van der Waals surface area contributed by atoms with Crippen LogP contribution in [0.1, 0.15) is 101 Å². The van der Waals surface area contributed by atoms with Crippen LogP contribution >= 0.6 is 0 Å². The highest BCUT2D eigenvalue weighted by atomic mass is 16.2. The molecule has 3 rings (SSSR count). The Morgan fingerprint density at radius 3 is 2.06 bits per heavy atom. The highest BCUT2D eigenvalue weighted by Crippen LogP contribution is 2.36. The third kappa shape index (κ3) is 5.96. The summed E-state index contributed by atoms with van der Waals surface area (Å²) in [5, 5.41) is 2.74. The van der Waals surface area contributed by atoms with Crippen LogP contribution < -0.4 is 5.32 Å². The van der Waals surface area contributed by atoms with Crippen molar-refractivity contribution in [2.24, 2.45) is 5.92 Å². The predicted molar refractivity (Wildman–Crippen MR) is 137 cm³/mol. The van der Waals surface area contributed by atoms with Crippen LogP contribution in [0.3, 0.4) is 0 Å². The first-order chi connectivity index (χ1) is 15.4. The number of amides is 1. The SMILES string of the molecule is Cc1c(C(=O)NCC=O)cc(-c2cc(C(C)(C)C)cc(C(C)(C)C)c2)n1CC1CCCCC1. The second kappa shape index (κ2) is 9.87. The zero-order valence-electron chi connectivity index (χ0n) is 21.7. The smallest absolute Gasteiger partial charge is 0.253 e. The Morgan fingerprint density at radius 1 is 0.970 bits per heavy atom. The van der Waals surface area contributed by atoms with Crippen molar-refractivity contribution >= 4 is 12.2 Å². The molecule has 2 aromatic rings. The van der Waals surface area contributed by atoms with Gasteiger partial charge in [-0.25, -0.2) is 0 Å². The van der Waals surface area contributed by atoms with E-state index in [0.717, 1.165) is 24.2 Å². The van der Waals surface area contributed by atoms with Gasteiger partial charge in [0.1, 0.15) is 6.29 Å². The number of nitrogens with zero attached hydrogens (tertiary/aromatic N) is 1. The molecule has 1 saturated carbocycles. The van der Waals surface area contributed by atoms with Gasteiger partial charge in [-0.05, 0) is 71.4 Å². The van der Waals surface area contributed by atoms with Crippen LogP contribution in [-0.4, -0.2) is 23.3 Å². The van der Waals surface area contributed by atoms with Gasteiger partial charge in [-0.3, -0.25) is 4.79 Å². The highest BCUT2D eigenvalue weighted by Gasteiger charge is 2.25. The number of benzene rings is 1. The van der Waals surface area contributed by atoms with Gasteiger partial charge < -0.3 is 14.7 Å². The fourth-order valence-corrected chi connectivity index (χ4v) is 4.85. The van der Waals surface area contributed by atoms with E-state index >= 15 is 0 Å². The number of rotatable bonds is 6. The first kappa shape index (κ1) is 25.3. The molecular formula is C29H42N2O2. The summed E-state index contributed by atoms with van der Waals surface area (Å²) in [7, 11) is 0. The second-order valence-corrected chi connectivity index (χ2v) is 11.8. The van der Waals surface area contributed by atoms with E-state index < -0.39 is 0 Å². The van der Waals surface area contributed by atoms with Gasteiger partial charge in [0, 0.05) is 17.9 Å². The molecule has 1 heterocycles. The topological polar surface area (TPSA) is 51.1 Å². The van der Waals surface area contributed by atoms with E-state index in [1.54, 1.807) is 0 Å². The van der Waals surface area contributed by atoms with Crippen molar-refractivity contribution in [3.8, 4) is 11.3 Å². The Labute approximate surface area is 200 Å². The molecule has 0 atom stereocenters. The first-order valence-corrected chi connectivity index (χ1v) is 12.5. The lowest BCUT2D eigenvalue weighted by molar-refractivity contribution is -0.107. The van der Waals surface area contributed by atoms with Crippen LogP contribution in [0.15, 0.2) is 24.3 Å². The maximum Gasteiger partial charge on any atom is 0.253 e. The molecule has 1 aromatic heterocycles. The lowest BCUT2D eigenvalue weighted by atomic mass is 9.79. The second-order valence-electron chi connectivity index (χ2n) is 11.8. The summed E-state index contributed by atoms with van der Waals surface area (Å²) in [6, 6.07) is 8.97. The molecule has 0 radical (unpaired) electrons. The Bertz CT molecular complexity index is 964. The minimum Gasteiger partial charge on any atom is -0.345 e. The molecule has 1 aliphatic carbocycles. The molecular weight excluding hydrogens is 408 g/mol. The summed E-state index contributed by atoms with van der Waals surface area (Å²) < 4.78 is 2.36. The van der Waals surface area contributed by atoms with E-state index in [1.165, 1.54) is 48.8 Å². The molecule has 0 bridgehead atoms. The van der Waals surface area contributed by atoms with Crippen molar-refractivity contribution in [2.45, 2.75) is 97.9 Å². The zero-order chi connectivity index (χ0) is 24.4. The van der Waals surface area contributed by atoms with Gasteiger partial charge in [0.2, 0.25) is 0 Å². The van der Waals surface area contributed by atoms with E-state index in [0.29, 0.717) is 11.5 Å². The largest absolute Gasteiger partial charge is 0.345 e. The highest BCUT2D eigenvalue weighted by molar-refractivity contribution is 5.97. The summed E-state index contributed by atoms with van der Waals surface area (Å²) in [6.45, 7) is 16.5. The molecule has 1 amide bonds. The first-order valence-electron chi connectivity index (χ1n) is 12.5. The molecule has 0 spiro atoms. The van der Waals surface area contributed by atoms with E-state index in [2.05, 4.69) is 69.6 Å². The van der Waals surface area contributed by atoms with Crippen molar-refractivity contribution in [2.75, 3.05) is 6.54 Å². The van der Waals surface area contributed by atoms with Crippen molar-refractivity contribution in [1.29, 1.82) is 0 Å². The van der Waals surface area contributed by atoms with Crippen LogP contribution in [0.2, 0.25) is 0 Å². The standard InChI is InChI=1S/C29H42N2O2/c1-20-25(27(33)30-13-14-32)18-26(31(20)19-21-11-9-8-10-12-21)22-15-23(28(2,3)4)17-24(16-22)29(5,6)7/h14-18,21H,8-13,19H2,1-7H3,(H,30,33). The molecule has 0 saturated heterocycles. The van der Waals surface area contributed by atoms with Crippen molar-refractivity contribution in [3.63, 3.8) is 0 Å². The van der Waals surface area contributed by atoms with E-state index in [1.807, 2.05) is 13.0 Å². The van der Waals surface area contributed by atoms with Crippen molar-refractivity contribution < 1.29 is 9.59 Å². The monoisotopic (exact) mass is 450 g/mol. The molecule has 0 unspecified atom stereocenters. The molecule has 1 aromatic carbocycles. The zero-order valence-corrected chi connectivity index (χ0v) is 21.7. The Morgan fingerprint density at radius 2 is 1.55 bits per heavy atom.